The molecule has 0 aliphatic rings. The van der Waals surface area contributed by atoms with Crippen molar-refractivity contribution in [1.82, 2.24) is 15.1 Å². The molecule has 5 nitrogen and oxygen atoms in total. The summed E-state index contributed by atoms with van der Waals surface area (Å²) in [4.78, 5) is 9.33. The van der Waals surface area contributed by atoms with Gasteiger partial charge in [-0.3, -0.25) is 0 Å². The highest BCUT2D eigenvalue weighted by atomic mass is 32.2. The Morgan fingerprint density at radius 2 is 2.18 bits per heavy atom. The van der Waals surface area contributed by atoms with Crippen molar-refractivity contribution in [2.45, 2.75) is 31.8 Å². The minimum absolute atomic E-state index is 0.510. The van der Waals surface area contributed by atoms with Crippen LogP contribution in [0.2, 0.25) is 0 Å². The number of aryl methyl sites for hydroxylation is 1. The van der Waals surface area contributed by atoms with Crippen LogP contribution in [0.4, 0.5) is 5.13 Å². The number of aromatic nitrogens is 3. The number of hydrogen-bond acceptors (Lipinski definition) is 7. The Morgan fingerprint density at radius 1 is 1.41 bits per heavy atom. The van der Waals surface area contributed by atoms with E-state index in [1.807, 2.05) is 6.92 Å². The van der Waals surface area contributed by atoms with Crippen molar-refractivity contribution < 1.29 is 4.52 Å². The molecule has 0 fully saturated rings. The second-order valence-electron chi connectivity index (χ2n) is 3.84. The first-order chi connectivity index (χ1) is 8.06. The fourth-order valence-electron chi connectivity index (χ4n) is 1.26. The lowest BCUT2D eigenvalue weighted by Gasteiger charge is -1.98. The van der Waals surface area contributed by atoms with E-state index in [-0.39, 0.29) is 0 Å². The highest BCUT2D eigenvalue weighted by Gasteiger charge is 2.15. The average molecular weight is 270 g/mol. The summed E-state index contributed by atoms with van der Waals surface area (Å²) in [6, 6.07) is 0. The third-order valence-electron chi connectivity index (χ3n) is 2.02. The minimum atomic E-state index is 0.510. The van der Waals surface area contributed by atoms with Crippen LogP contribution in [0.3, 0.4) is 0 Å². The number of nitrogen functional groups attached to an aromatic ring is 1. The molecule has 0 unspecified atom stereocenters. The monoisotopic (exact) mass is 270 g/mol. The van der Waals surface area contributed by atoms with Crippen LogP contribution in [-0.4, -0.2) is 20.4 Å². The Kier molecular flexibility index (Phi) is 3.68. The molecule has 2 aromatic heterocycles. The molecule has 0 amide bonds. The molecule has 0 aliphatic heterocycles. The summed E-state index contributed by atoms with van der Waals surface area (Å²) in [6.07, 6.45) is 0. The normalized spacial score (nSPS) is 11.3. The summed E-state index contributed by atoms with van der Waals surface area (Å²) < 4.78 is 5.22. The summed E-state index contributed by atoms with van der Waals surface area (Å²) in [5, 5.41) is 5.02. The lowest BCUT2D eigenvalue weighted by molar-refractivity contribution is 0.425. The Morgan fingerprint density at radius 3 is 2.76 bits per heavy atom. The van der Waals surface area contributed by atoms with Crippen molar-refractivity contribution >= 4 is 28.2 Å². The first-order valence-electron chi connectivity index (χ1n) is 5.23. The van der Waals surface area contributed by atoms with E-state index in [0.717, 1.165) is 16.3 Å². The molecule has 0 radical (unpaired) electrons. The van der Waals surface area contributed by atoms with E-state index in [1.54, 1.807) is 11.8 Å². The maximum absolute atomic E-state index is 5.64. The van der Waals surface area contributed by atoms with Gasteiger partial charge in [0.1, 0.15) is 4.88 Å². The molecule has 0 atom stereocenters. The van der Waals surface area contributed by atoms with Gasteiger partial charge in [-0.25, -0.2) is 4.98 Å². The second-order valence-corrected chi connectivity index (χ2v) is 6.44. The molecule has 0 saturated heterocycles. The largest absolute Gasteiger partial charge is 0.375 e. The molecule has 0 spiro atoms. The smallest absolute Gasteiger partial charge is 0.270 e. The number of nitrogens with two attached hydrogens (primary N) is 1. The summed E-state index contributed by atoms with van der Waals surface area (Å²) in [7, 11) is 0. The summed E-state index contributed by atoms with van der Waals surface area (Å²) in [5.41, 5.74) is 6.47. The third kappa shape index (κ3) is 2.98. The van der Waals surface area contributed by atoms with Crippen LogP contribution >= 0.6 is 23.1 Å². The summed E-state index contributed by atoms with van der Waals surface area (Å²) in [5.74, 6) is 1.98. The van der Waals surface area contributed by atoms with Crippen molar-refractivity contribution in [2.24, 2.45) is 0 Å². The lowest BCUT2D eigenvalue weighted by Crippen LogP contribution is -1.90. The van der Waals surface area contributed by atoms with Crippen LogP contribution < -0.4 is 5.73 Å². The van der Waals surface area contributed by atoms with Gasteiger partial charge >= 0.3 is 0 Å². The quantitative estimate of drug-likeness (QED) is 0.920. The van der Waals surface area contributed by atoms with E-state index in [0.29, 0.717) is 22.1 Å². The Hall–Kier alpha value is -1.08. The second kappa shape index (κ2) is 5.05. The van der Waals surface area contributed by atoms with Crippen LogP contribution in [0.1, 0.15) is 25.4 Å². The van der Waals surface area contributed by atoms with Crippen LogP contribution in [0.15, 0.2) is 4.52 Å². The Labute approximate surface area is 108 Å². The number of thioether (sulfide) groups is 1. The van der Waals surface area contributed by atoms with E-state index in [2.05, 4.69) is 29.0 Å². The van der Waals surface area contributed by atoms with Gasteiger partial charge in [-0.05, 0) is 12.2 Å². The maximum Gasteiger partial charge on any atom is 0.270 e. The average Bonchev–Trinajstić information content (AvgIpc) is 2.82. The minimum Gasteiger partial charge on any atom is -0.375 e. The van der Waals surface area contributed by atoms with Crippen molar-refractivity contribution in [1.29, 1.82) is 0 Å². The standard InChI is InChI=1S/C10H14N4OS2/c1-5(2)16-4-7-13-9(15-14-7)8-6(3)12-10(11)17-8/h5H,4H2,1-3H3,(H2,11,12). The fraction of sp³-hybridized carbons (Fsp3) is 0.500. The van der Waals surface area contributed by atoms with Crippen molar-refractivity contribution in [2.75, 3.05) is 5.73 Å². The molecule has 2 heterocycles. The summed E-state index contributed by atoms with van der Waals surface area (Å²) in [6.45, 7) is 6.16. The molecular weight excluding hydrogens is 256 g/mol. The predicted molar refractivity (Wildman–Crippen MR) is 71.0 cm³/mol. The van der Waals surface area contributed by atoms with Gasteiger partial charge in [0.25, 0.3) is 5.89 Å². The molecule has 17 heavy (non-hydrogen) atoms. The molecule has 0 aliphatic carbocycles. The zero-order valence-electron chi connectivity index (χ0n) is 9.93. The van der Waals surface area contributed by atoms with E-state index in [4.69, 9.17) is 10.3 Å². The number of thiazole rings is 1. The highest BCUT2D eigenvalue weighted by Crippen LogP contribution is 2.30. The van der Waals surface area contributed by atoms with Gasteiger partial charge in [0, 0.05) is 0 Å². The molecule has 0 saturated carbocycles. The summed E-state index contributed by atoms with van der Waals surface area (Å²) >= 11 is 3.15. The molecule has 2 N–H and O–H groups in total. The van der Waals surface area contributed by atoms with Gasteiger partial charge in [0.15, 0.2) is 11.0 Å². The molecule has 2 rings (SSSR count). The van der Waals surface area contributed by atoms with Crippen molar-refractivity contribution in [3.63, 3.8) is 0 Å². The Balaban J connectivity index is 2.15. The zero-order valence-corrected chi connectivity index (χ0v) is 11.6. The molecule has 0 aromatic carbocycles. The third-order valence-corrected chi connectivity index (χ3v) is 4.09. The van der Waals surface area contributed by atoms with Crippen LogP contribution in [0.5, 0.6) is 0 Å². The van der Waals surface area contributed by atoms with E-state index in [9.17, 15) is 0 Å². The van der Waals surface area contributed by atoms with Crippen molar-refractivity contribution in [3.05, 3.63) is 11.5 Å². The molecular formula is C10H14N4OS2. The van der Waals surface area contributed by atoms with Gasteiger partial charge in [-0.1, -0.05) is 30.3 Å². The topological polar surface area (TPSA) is 77.8 Å². The van der Waals surface area contributed by atoms with Gasteiger partial charge in [-0.2, -0.15) is 16.7 Å². The first kappa shape index (κ1) is 12.4. The van der Waals surface area contributed by atoms with Crippen LogP contribution in [-0.2, 0) is 5.75 Å². The van der Waals surface area contributed by atoms with E-state index >= 15 is 0 Å². The molecule has 7 heteroatoms. The number of rotatable bonds is 4. The Bertz CT molecular complexity index is 506. The lowest BCUT2D eigenvalue weighted by atomic mass is 10.4. The number of anilines is 1. The number of hydrogen-bond donors (Lipinski definition) is 1. The fourth-order valence-corrected chi connectivity index (χ4v) is 2.62. The van der Waals surface area contributed by atoms with Gasteiger partial charge in [0.05, 0.1) is 11.4 Å². The highest BCUT2D eigenvalue weighted by molar-refractivity contribution is 7.99. The number of nitrogens with zero attached hydrogens (tertiary/aromatic N) is 3. The SMILES string of the molecule is Cc1nc(N)sc1-c1nc(CSC(C)C)no1. The van der Waals surface area contributed by atoms with Gasteiger partial charge in [0.2, 0.25) is 0 Å². The van der Waals surface area contributed by atoms with Crippen LogP contribution in [0.25, 0.3) is 10.8 Å². The van der Waals surface area contributed by atoms with Crippen LogP contribution in [0, 0.1) is 6.92 Å². The predicted octanol–water partition coefficient (Wildman–Crippen LogP) is 2.73. The molecule has 2 aromatic rings. The molecule has 92 valence electrons. The van der Waals surface area contributed by atoms with E-state index in [1.165, 1.54) is 11.3 Å². The van der Waals surface area contributed by atoms with Gasteiger partial charge < -0.3 is 10.3 Å². The van der Waals surface area contributed by atoms with E-state index < -0.39 is 0 Å². The van der Waals surface area contributed by atoms with Crippen molar-refractivity contribution in [3.8, 4) is 10.8 Å². The van der Waals surface area contributed by atoms with Gasteiger partial charge in [-0.15, -0.1) is 0 Å². The molecule has 0 bridgehead atoms. The first-order valence-corrected chi connectivity index (χ1v) is 7.10. The maximum atomic E-state index is 5.64. The zero-order chi connectivity index (χ0) is 12.4.